The molecule has 4 rings (SSSR count). The highest BCUT2D eigenvalue weighted by Crippen LogP contribution is 2.40. The zero-order valence-electron chi connectivity index (χ0n) is 15.1. The van der Waals surface area contributed by atoms with Crippen LogP contribution in [0.1, 0.15) is 29.2 Å². The molecule has 4 heteroatoms. The van der Waals surface area contributed by atoms with E-state index in [1.165, 1.54) is 17.2 Å². The third kappa shape index (κ3) is 2.90. The molecule has 0 radical (unpaired) electrons. The molecule has 1 unspecified atom stereocenters. The van der Waals surface area contributed by atoms with Crippen molar-refractivity contribution >= 4 is 0 Å². The Morgan fingerprint density at radius 1 is 1.19 bits per heavy atom. The van der Waals surface area contributed by atoms with Crippen molar-refractivity contribution in [1.82, 2.24) is 9.88 Å². The summed E-state index contributed by atoms with van der Waals surface area (Å²) < 4.78 is 22.1. The first-order valence-corrected chi connectivity index (χ1v) is 8.98. The monoisotopic (exact) mass is 350 g/mol. The number of nitrogens with zero attached hydrogens (tertiary/aromatic N) is 1. The Morgan fingerprint density at radius 2 is 2.04 bits per heavy atom. The molecular weight excluding hydrogens is 327 g/mol. The molecule has 2 aromatic carbocycles. The van der Waals surface area contributed by atoms with E-state index >= 15 is 0 Å². The van der Waals surface area contributed by atoms with Crippen molar-refractivity contribution in [3.63, 3.8) is 0 Å². The predicted octanol–water partition coefficient (Wildman–Crippen LogP) is 4.56. The van der Waals surface area contributed by atoms with Crippen molar-refractivity contribution in [2.75, 3.05) is 14.2 Å². The van der Waals surface area contributed by atoms with E-state index in [-0.39, 0.29) is 5.82 Å². The summed E-state index contributed by atoms with van der Waals surface area (Å²) in [6.07, 6.45) is 4.21. The third-order valence-electron chi connectivity index (χ3n) is 5.24. The average molecular weight is 350 g/mol. The second kappa shape index (κ2) is 6.96. The smallest absolute Gasteiger partial charge is 0.132 e. The molecule has 26 heavy (non-hydrogen) atoms. The van der Waals surface area contributed by atoms with Crippen LogP contribution in [0.5, 0.6) is 5.75 Å². The van der Waals surface area contributed by atoms with Gasteiger partial charge in [0.15, 0.2) is 0 Å². The number of halogens is 1. The summed E-state index contributed by atoms with van der Waals surface area (Å²) >= 11 is 0. The highest BCUT2D eigenvalue weighted by Gasteiger charge is 2.28. The molecule has 0 bridgehead atoms. The van der Waals surface area contributed by atoms with Crippen molar-refractivity contribution in [3.8, 4) is 17.0 Å². The highest BCUT2D eigenvalue weighted by atomic mass is 19.1. The van der Waals surface area contributed by atoms with Crippen LogP contribution in [0.2, 0.25) is 0 Å². The molecule has 0 saturated heterocycles. The molecule has 0 amide bonds. The first kappa shape index (κ1) is 16.9. The molecule has 1 aliphatic rings. The number of fused-ring (bicyclic) bond motifs is 1. The summed E-state index contributed by atoms with van der Waals surface area (Å²) in [5.41, 5.74) is 5.36. The Morgan fingerprint density at radius 3 is 2.81 bits per heavy atom. The topological polar surface area (TPSA) is 26.2 Å². The third-order valence-corrected chi connectivity index (χ3v) is 5.24. The Bertz CT molecular complexity index is 932. The van der Waals surface area contributed by atoms with Gasteiger partial charge in [-0.15, -0.1) is 0 Å². The minimum atomic E-state index is -0.173. The molecule has 0 spiro atoms. The number of ether oxygens (including phenoxy) is 1. The van der Waals surface area contributed by atoms with Crippen LogP contribution in [-0.2, 0) is 13.0 Å². The van der Waals surface area contributed by atoms with E-state index in [0.29, 0.717) is 18.2 Å². The van der Waals surface area contributed by atoms with E-state index in [1.54, 1.807) is 13.2 Å². The van der Waals surface area contributed by atoms with Crippen LogP contribution in [0.15, 0.2) is 54.7 Å². The van der Waals surface area contributed by atoms with Crippen molar-refractivity contribution in [3.05, 3.63) is 77.2 Å². The van der Waals surface area contributed by atoms with E-state index in [9.17, 15) is 4.39 Å². The summed E-state index contributed by atoms with van der Waals surface area (Å²) in [5.74, 6) is 0.663. The fraction of sp³-hybridized carbons (Fsp3) is 0.273. The summed E-state index contributed by atoms with van der Waals surface area (Å²) in [6, 6.07) is 15.4. The summed E-state index contributed by atoms with van der Waals surface area (Å²) in [7, 11) is 3.66. The molecule has 0 aliphatic heterocycles. The predicted molar refractivity (Wildman–Crippen MR) is 102 cm³/mol. The maximum atomic E-state index is 14.6. The van der Waals surface area contributed by atoms with E-state index in [1.807, 2.05) is 37.4 Å². The molecule has 1 atom stereocenters. The Kier molecular flexibility index (Phi) is 4.51. The normalized spacial score (nSPS) is 15.9. The zero-order chi connectivity index (χ0) is 18.1. The molecule has 3 nitrogen and oxygen atoms in total. The van der Waals surface area contributed by atoms with Crippen LogP contribution < -0.4 is 10.1 Å². The SMILES string of the molecule is CNC1CCc2c1cn(Cc1cccc(OC)c1)c2-c1ccccc1F. The van der Waals surface area contributed by atoms with Crippen LogP contribution in [0.4, 0.5) is 4.39 Å². The van der Waals surface area contributed by atoms with Gasteiger partial charge >= 0.3 is 0 Å². The number of hydrogen-bond acceptors (Lipinski definition) is 2. The molecule has 3 aromatic rings. The van der Waals surface area contributed by atoms with Crippen molar-refractivity contribution in [2.45, 2.75) is 25.4 Å². The molecule has 1 N–H and O–H groups in total. The van der Waals surface area contributed by atoms with Gasteiger partial charge in [-0.2, -0.15) is 0 Å². The summed E-state index contributed by atoms with van der Waals surface area (Å²) in [4.78, 5) is 0. The minimum Gasteiger partial charge on any atom is -0.497 e. The largest absolute Gasteiger partial charge is 0.497 e. The lowest BCUT2D eigenvalue weighted by molar-refractivity contribution is 0.414. The Labute approximate surface area is 153 Å². The van der Waals surface area contributed by atoms with Crippen LogP contribution >= 0.6 is 0 Å². The zero-order valence-corrected chi connectivity index (χ0v) is 15.1. The van der Waals surface area contributed by atoms with E-state index in [4.69, 9.17) is 4.74 Å². The Balaban J connectivity index is 1.82. The molecule has 1 heterocycles. The second-order valence-corrected chi connectivity index (χ2v) is 6.75. The van der Waals surface area contributed by atoms with Crippen molar-refractivity contribution in [1.29, 1.82) is 0 Å². The van der Waals surface area contributed by atoms with Crippen LogP contribution in [0.3, 0.4) is 0 Å². The van der Waals surface area contributed by atoms with Crippen LogP contribution in [0.25, 0.3) is 11.3 Å². The van der Waals surface area contributed by atoms with Gasteiger partial charge in [0.2, 0.25) is 0 Å². The molecule has 0 fully saturated rings. The number of aromatic nitrogens is 1. The van der Waals surface area contributed by atoms with Gasteiger partial charge in [0.05, 0.1) is 12.8 Å². The van der Waals surface area contributed by atoms with Crippen LogP contribution in [0, 0.1) is 5.82 Å². The van der Waals surface area contributed by atoms with Gasteiger partial charge in [-0.05, 0) is 60.8 Å². The van der Waals surface area contributed by atoms with E-state index in [0.717, 1.165) is 29.8 Å². The molecule has 1 aliphatic carbocycles. The van der Waals surface area contributed by atoms with E-state index in [2.05, 4.69) is 22.1 Å². The van der Waals surface area contributed by atoms with Crippen molar-refractivity contribution < 1.29 is 9.13 Å². The number of benzene rings is 2. The lowest BCUT2D eigenvalue weighted by Gasteiger charge is -2.14. The number of rotatable bonds is 5. The number of nitrogens with one attached hydrogen (secondary N) is 1. The lowest BCUT2D eigenvalue weighted by Crippen LogP contribution is -2.12. The quantitative estimate of drug-likeness (QED) is 0.730. The highest BCUT2D eigenvalue weighted by molar-refractivity contribution is 5.68. The van der Waals surface area contributed by atoms with Gasteiger partial charge in [0.25, 0.3) is 0 Å². The maximum Gasteiger partial charge on any atom is 0.132 e. The maximum absolute atomic E-state index is 14.6. The van der Waals surface area contributed by atoms with Crippen LogP contribution in [-0.4, -0.2) is 18.7 Å². The first-order valence-electron chi connectivity index (χ1n) is 8.98. The Hall–Kier alpha value is -2.59. The number of methoxy groups -OCH3 is 1. The summed E-state index contributed by atoms with van der Waals surface area (Å²) in [6.45, 7) is 0.685. The van der Waals surface area contributed by atoms with Gasteiger partial charge in [-0.3, -0.25) is 0 Å². The minimum absolute atomic E-state index is 0.173. The molecule has 134 valence electrons. The van der Waals surface area contributed by atoms with Gasteiger partial charge < -0.3 is 14.6 Å². The second-order valence-electron chi connectivity index (χ2n) is 6.75. The van der Waals surface area contributed by atoms with Gasteiger partial charge in [0, 0.05) is 24.3 Å². The molecular formula is C22H23FN2O. The van der Waals surface area contributed by atoms with E-state index < -0.39 is 0 Å². The number of hydrogen-bond donors (Lipinski definition) is 1. The summed E-state index contributed by atoms with van der Waals surface area (Å²) in [5, 5.41) is 3.38. The fourth-order valence-corrected chi connectivity index (χ4v) is 3.99. The average Bonchev–Trinajstić information content (AvgIpc) is 3.21. The van der Waals surface area contributed by atoms with Crippen molar-refractivity contribution in [2.24, 2.45) is 0 Å². The standard InChI is InChI=1S/C22H23FN2O/c1-24-21-11-10-17-19(21)14-25(13-15-6-5-7-16(12-15)26-2)22(17)18-8-3-4-9-20(18)23/h3-9,12,14,21,24H,10-11,13H2,1-2H3. The first-order chi connectivity index (χ1) is 12.7. The van der Waals surface area contributed by atoms with Gasteiger partial charge in [0.1, 0.15) is 11.6 Å². The fourth-order valence-electron chi connectivity index (χ4n) is 3.99. The van der Waals surface area contributed by atoms with Gasteiger partial charge in [-0.1, -0.05) is 24.3 Å². The lowest BCUT2D eigenvalue weighted by atomic mass is 10.0. The van der Waals surface area contributed by atoms with Gasteiger partial charge in [-0.25, -0.2) is 4.39 Å². The molecule has 1 aromatic heterocycles. The molecule has 0 saturated carbocycles.